The summed E-state index contributed by atoms with van der Waals surface area (Å²) in [6.07, 6.45) is 0.0995. The van der Waals surface area contributed by atoms with Crippen LogP contribution >= 0.6 is 0 Å². The first-order chi connectivity index (χ1) is 10.0. The monoisotopic (exact) mass is 292 g/mol. The molecule has 0 fully saturated rings. The summed E-state index contributed by atoms with van der Waals surface area (Å²) < 4.78 is 4.78. The van der Waals surface area contributed by atoms with E-state index in [2.05, 4.69) is 10.6 Å². The first kappa shape index (κ1) is 16.7. The maximum absolute atomic E-state index is 11.7. The summed E-state index contributed by atoms with van der Waals surface area (Å²) in [6, 6.07) is 8.05. The Hall–Kier alpha value is -2.37. The fourth-order valence-electron chi connectivity index (χ4n) is 1.62. The molecule has 2 amide bonds. The van der Waals surface area contributed by atoms with E-state index >= 15 is 0 Å². The Balaban J connectivity index is 2.28. The van der Waals surface area contributed by atoms with Crippen LogP contribution in [0, 0.1) is 0 Å². The first-order valence-electron chi connectivity index (χ1n) is 6.83. The van der Waals surface area contributed by atoms with Gasteiger partial charge in [0.2, 0.25) is 5.91 Å². The number of hydrogen-bond acceptors (Lipinski definition) is 4. The van der Waals surface area contributed by atoms with Gasteiger partial charge in [0.15, 0.2) is 0 Å². The fraction of sp³-hybridized carbons (Fsp3) is 0.400. The Morgan fingerprint density at radius 2 is 1.86 bits per heavy atom. The number of hydrogen-bond donors (Lipinski definition) is 2. The Kier molecular flexibility index (Phi) is 6.94. The van der Waals surface area contributed by atoms with Gasteiger partial charge >= 0.3 is 5.97 Å². The largest absolute Gasteiger partial charge is 0.464 e. The number of amides is 2. The van der Waals surface area contributed by atoms with Crippen molar-refractivity contribution in [3.8, 4) is 0 Å². The van der Waals surface area contributed by atoms with Gasteiger partial charge in [0.1, 0.15) is 6.04 Å². The molecule has 0 bridgehead atoms. The Bertz CT molecular complexity index is 488. The van der Waals surface area contributed by atoms with Crippen LogP contribution in [0.25, 0.3) is 0 Å². The lowest BCUT2D eigenvalue weighted by atomic mass is 10.2. The van der Waals surface area contributed by atoms with E-state index in [0.717, 1.165) is 0 Å². The number of rotatable bonds is 7. The Morgan fingerprint density at radius 1 is 1.19 bits per heavy atom. The van der Waals surface area contributed by atoms with Crippen LogP contribution in [-0.2, 0) is 14.3 Å². The van der Waals surface area contributed by atoms with E-state index in [-0.39, 0.29) is 31.4 Å². The highest BCUT2D eigenvalue weighted by Crippen LogP contribution is 1.97. The van der Waals surface area contributed by atoms with Crippen LogP contribution in [0.1, 0.15) is 30.6 Å². The van der Waals surface area contributed by atoms with Crippen LogP contribution in [-0.4, -0.2) is 37.0 Å². The van der Waals surface area contributed by atoms with Crippen molar-refractivity contribution in [1.82, 2.24) is 10.6 Å². The van der Waals surface area contributed by atoms with Crippen LogP contribution in [0.5, 0.6) is 0 Å². The van der Waals surface area contributed by atoms with Crippen molar-refractivity contribution in [2.45, 2.75) is 26.3 Å². The van der Waals surface area contributed by atoms with Crippen molar-refractivity contribution in [3.63, 3.8) is 0 Å². The lowest BCUT2D eigenvalue weighted by molar-refractivity contribution is -0.146. The van der Waals surface area contributed by atoms with Gasteiger partial charge in [-0.1, -0.05) is 18.2 Å². The van der Waals surface area contributed by atoms with E-state index < -0.39 is 12.0 Å². The fourth-order valence-corrected chi connectivity index (χ4v) is 1.62. The lowest BCUT2D eigenvalue weighted by Gasteiger charge is -2.12. The number of benzene rings is 1. The van der Waals surface area contributed by atoms with Crippen molar-refractivity contribution in [3.05, 3.63) is 35.9 Å². The van der Waals surface area contributed by atoms with E-state index in [9.17, 15) is 14.4 Å². The zero-order valence-electron chi connectivity index (χ0n) is 12.2. The summed E-state index contributed by atoms with van der Waals surface area (Å²) in [6.45, 7) is 3.73. The minimum Gasteiger partial charge on any atom is -0.464 e. The van der Waals surface area contributed by atoms with Crippen molar-refractivity contribution in [1.29, 1.82) is 0 Å². The molecule has 0 aliphatic rings. The summed E-state index contributed by atoms with van der Waals surface area (Å²) in [5.41, 5.74) is 0.540. The standard InChI is InChI=1S/C15H20N2O4/c1-3-21-15(20)11(2)17-13(18)9-10-16-14(19)12-7-5-4-6-8-12/h4-8,11H,3,9-10H2,1-2H3,(H,16,19)(H,17,18). The lowest BCUT2D eigenvalue weighted by Crippen LogP contribution is -2.40. The molecule has 0 aromatic heterocycles. The number of esters is 1. The van der Waals surface area contributed by atoms with Gasteiger partial charge in [-0.15, -0.1) is 0 Å². The van der Waals surface area contributed by atoms with Crippen molar-refractivity contribution in [2.24, 2.45) is 0 Å². The highest BCUT2D eigenvalue weighted by atomic mass is 16.5. The number of carbonyl (C=O) groups is 3. The zero-order chi connectivity index (χ0) is 15.7. The molecule has 0 spiro atoms. The van der Waals surface area contributed by atoms with E-state index in [0.29, 0.717) is 5.56 Å². The highest BCUT2D eigenvalue weighted by Gasteiger charge is 2.16. The second-order valence-electron chi connectivity index (χ2n) is 4.41. The SMILES string of the molecule is CCOC(=O)C(C)NC(=O)CCNC(=O)c1ccccc1. The second kappa shape index (κ2) is 8.73. The number of nitrogens with one attached hydrogen (secondary N) is 2. The van der Waals surface area contributed by atoms with Crippen LogP contribution in [0.4, 0.5) is 0 Å². The Morgan fingerprint density at radius 3 is 2.48 bits per heavy atom. The van der Waals surface area contributed by atoms with Gasteiger partial charge in [0.05, 0.1) is 6.61 Å². The predicted molar refractivity (Wildman–Crippen MR) is 77.6 cm³/mol. The average Bonchev–Trinajstić information content (AvgIpc) is 2.48. The molecule has 0 aliphatic heterocycles. The molecule has 0 aliphatic carbocycles. The molecule has 0 saturated heterocycles. The van der Waals surface area contributed by atoms with Crippen LogP contribution in [0.15, 0.2) is 30.3 Å². The molecule has 1 aromatic carbocycles. The predicted octanol–water partition coefficient (Wildman–Crippen LogP) is 0.874. The molecule has 0 heterocycles. The van der Waals surface area contributed by atoms with Crippen LogP contribution in [0.2, 0.25) is 0 Å². The molecule has 1 aromatic rings. The molecule has 0 saturated carbocycles. The average molecular weight is 292 g/mol. The van der Waals surface area contributed by atoms with Gasteiger partial charge in [0, 0.05) is 18.5 Å². The first-order valence-corrected chi connectivity index (χ1v) is 6.83. The molecule has 6 heteroatoms. The normalized spacial score (nSPS) is 11.3. The third kappa shape index (κ3) is 6.07. The van der Waals surface area contributed by atoms with Gasteiger partial charge in [-0.05, 0) is 26.0 Å². The summed E-state index contributed by atoms with van der Waals surface area (Å²) in [4.78, 5) is 34.7. The zero-order valence-corrected chi connectivity index (χ0v) is 12.2. The minimum absolute atomic E-state index is 0.0995. The Labute approximate surface area is 123 Å². The number of carbonyl (C=O) groups excluding carboxylic acids is 3. The molecular weight excluding hydrogens is 272 g/mol. The van der Waals surface area contributed by atoms with Crippen molar-refractivity contribution >= 4 is 17.8 Å². The molecule has 21 heavy (non-hydrogen) atoms. The van der Waals surface area contributed by atoms with E-state index in [1.54, 1.807) is 38.1 Å². The van der Waals surface area contributed by atoms with Crippen LogP contribution < -0.4 is 10.6 Å². The van der Waals surface area contributed by atoms with Gasteiger partial charge in [-0.25, -0.2) is 4.79 Å². The summed E-state index contributed by atoms with van der Waals surface area (Å²) in [5, 5.41) is 5.15. The van der Waals surface area contributed by atoms with Gasteiger partial charge < -0.3 is 15.4 Å². The molecule has 2 N–H and O–H groups in total. The van der Waals surface area contributed by atoms with E-state index in [4.69, 9.17) is 4.74 Å². The quantitative estimate of drug-likeness (QED) is 0.730. The molecule has 114 valence electrons. The van der Waals surface area contributed by atoms with Crippen molar-refractivity contribution < 1.29 is 19.1 Å². The summed E-state index contributed by atoms with van der Waals surface area (Å²) in [5.74, 6) is -1.02. The number of ether oxygens (including phenoxy) is 1. The molecule has 1 rings (SSSR count). The van der Waals surface area contributed by atoms with E-state index in [1.165, 1.54) is 0 Å². The summed E-state index contributed by atoms with van der Waals surface area (Å²) in [7, 11) is 0. The highest BCUT2D eigenvalue weighted by molar-refractivity contribution is 5.94. The smallest absolute Gasteiger partial charge is 0.328 e. The third-order valence-corrected chi connectivity index (χ3v) is 2.69. The second-order valence-corrected chi connectivity index (χ2v) is 4.41. The maximum Gasteiger partial charge on any atom is 0.328 e. The van der Waals surface area contributed by atoms with Gasteiger partial charge in [0.25, 0.3) is 5.91 Å². The van der Waals surface area contributed by atoms with Crippen molar-refractivity contribution in [2.75, 3.05) is 13.2 Å². The topological polar surface area (TPSA) is 84.5 Å². The molecule has 1 atom stereocenters. The summed E-state index contributed by atoms with van der Waals surface area (Å²) >= 11 is 0. The molecular formula is C15H20N2O4. The third-order valence-electron chi connectivity index (χ3n) is 2.69. The minimum atomic E-state index is -0.692. The van der Waals surface area contributed by atoms with Crippen LogP contribution in [0.3, 0.4) is 0 Å². The molecule has 0 radical (unpaired) electrons. The van der Waals surface area contributed by atoms with E-state index in [1.807, 2.05) is 6.07 Å². The molecule has 1 unspecified atom stereocenters. The van der Waals surface area contributed by atoms with Gasteiger partial charge in [-0.3, -0.25) is 9.59 Å². The maximum atomic E-state index is 11.7. The molecule has 6 nitrogen and oxygen atoms in total. The van der Waals surface area contributed by atoms with Gasteiger partial charge in [-0.2, -0.15) is 0 Å².